The normalized spacial score (nSPS) is 17.9. The van der Waals surface area contributed by atoms with Crippen molar-refractivity contribution in [2.45, 2.75) is 58.2 Å². The standard InChI is InChI=1S/C31H39ClN6.C2H6/c32-25-6-11-29-30(12-16-36-31(29)20-25)35-15-1-17-37-18-13-28(14-19-37)38(21-23-2-7-26(33)8-3-23)22-24-4-9-27(34)10-5-24;1-2/h2-9,11-12,16,20,27-28H,1,10,13-15,17-19,21-22,33-34H2,(H,35,36);1-2H3. The molecule has 0 radical (unpaired) electrons. The van der Waals surface area contributed by atoms with Gasteiger partial charge in [0.1, 0.15) is 0 Å². The second-order valence-corrected chi connectivity index (χ2v) is 11.0. The van der Waals surface area contributed by atoms with Gasteiger partial charge in [0.05, 0.1) is 5.52 Å². The Kier molecular flexibility index (Phi) is 11.4. The maximum atomic E-state index is 6.13. The number of piperidine rings is 1. The van der Waals surface area contributed by atoms with E-state index in [4.69, 9.17) is 23.1 Å². The molecule has 1 unspecified atom stereocenters. The fourth-order valence-corrected chi connectivity index (χ4v) is 5.68. The number of likely N-dealkylation sites (tertiary alicyclic amines) is 1. The van der Waals surface area contributed by atoms with Gasteiger partial charge >= 0.3 is 0 Å². The molecule has 7 heteroatoms. The van der Waals surface area contributed by atoms with E-state index in [0.717, 1.165) is 74.4 Å². The molecule has 2 heterocycles. The van der Waals surface area contributed by atoms with Crippen molar-refractivity contribution in [3.8, 4) is 0 Å². The van der Waals surface area contributed by atoms with Gasteiger partial charge in [0, 0.05) is 59.7 Å². The van der Waals surface area contributed by atoms with Crippen LogP contribution in [-0.2, 0) is 6.54 Å². The molecular weight excluding hydrogens is 516 g/mol. The van der Waals surface area contributed by atoms with Crippen molar-refractivity contribution in [1.82, 2.24) is 14.8 Å². The molecule has 1 aromatic heterocycles. The molecule has 1 fully saturated rings. The summed E-state index contributed by atoms with van der Waals surface area (Å²) in [6, 6.07) is 17.0. The topological polar surface area (TPSA) is 83.4 Å². The average molecular weight is 561 g/mol. The van der Waals surface area contributed by atoms with Crippen LogP contribution < -0.4 is 16.8 Å². The Hall–Kier alpha value is -2.90. The second-order valence-electron chi connectivity index (χ2n) is 10.6. The van der Waals surface area contributed by atoms with E-state index in [1.165, 1.54) is 24.0 Å². The molecule has 1 saturated heterocycles. The van der Waals surface area contributed by atoms with Crippen LogP contribution in [0.3, 0.4) is 0 Å². The maximum absolute atomic E-state index is 6.13. The lowest BCUT2D eigenvalue weighted by Crippen LogP contribution is -2.45. The van der Waals surface area contributed by atoms with E-state index in [9.17, 15) is 0 Å². The van der Waals surface area contributed by atoms with E-state index in [1.807, 2.05) is 56.4 Å². The summed E-state index contributed by atoms with van der Waals surface area (Å²) in [6.07, 6.45) is 12.9. The number of hydrogen-bond donors (Lipinski definition) is 3. The third-order valence-electron chi connectivity index (χ3n) is 7.71. The van der Waals surface area contributed by atoms with E-state index >= 15 is 0 Å². The molecule has 0 bridgehead atoms. The number of halogens is 1. The average Bonchev–Trinajstić information content (AvgIpc) is 2.98. The summed E-state index contributed by atoms with van der Waals surface area (Å²) in [5.41, 5.74) is 17.5. The van der Waals surface area contributed by atoms with Gasteiger partial charge in [0.15, 0.2) is 0 Å². The van der Waals surface area contributed by atoms with Crippen LogP contribution >= 0.6 is 11.6 Å². The number of nitrogens with two attached hydrogens (primary N) is 2. The number of rotatable bonds is 10. The number of pyridine rings is 1. The molecular formula is C33H45ClN6. The number of benzene rings is 2. The number of hydrogen-bond acceptors (Lipinski definition) is 6. The van der Waals surface area contributed by atoms with Gasteiger partial charge in [-0.25, -0.2) is 0 Å². The van der Waals surface area contributed by atoms with E-state index in [1.54, 1.807) is 0 Å². The Labute approximate surface area is 245 Å². The fourth-order valence-electron chi connectivity index (χ4n) is 5.51. The van der Waals surface area contributed by atoms with Gasteiger partial charge in [0.25, 0.3) is 0 Å². The molecule has 6 nitrogen and oxygen atoms in total. The van der Waals surface area contributed by atoms with Crippen LogP contribution in [0.4, 0.5) is 11.4 Å². The zero-order valence-electron chi connectivity index (χ0n) is 24.0. The molecule has 2 aromatic carbocycles. The first-order chi connectivity index (χ1) is 19.5. The highest BCUT2D eigenvalue weighted by molar-refractivity contribution is 6.31. The summed E-state index contributed by atoms with van der Waals surface area (Å²) in [7, 11) is 0. The molecule has 0 saturated carbocycles. The maximum Gasteiger partial charge on any atom is 0.0737 e. The predicted octanol–water partition coefficient (Wildman–Crippen LogP) is 6.48. The fraction of sp³-hybridized carbons (Fsp3) is 0.424. The van der Waals surface area contributed by atoms with Gasteiger partial charge in [-0.1, -0.05) is 55.8 Å². The molecule has 1 aliphatic heterocycles. The van der Waals surface area contributed by atoms with Crippen LogP contribution in [-0.4, -0.2) is 59.6 Å². The molecule has 1 atom stereocenters. The first-order valence-corrected chi connectivity index (χ1v) is 15.1. The summed E-state index contributed by atoms with van der Waals surface area (Å²) >= 11 is 6.13. The zero-order chi connectivity index (χ0) is 28.3. The Morgan fingerprint density at radius 1 is 1.05 bits per heavy atom. The molecule has 0 amide bonds. The molecule has 214 valence electrons. The lowest BCUT2D eigenvalue weighted by atomic mass is 9.98. The zero-order valence-corrected chi connectivity index (χ0v) is 24.8. The van der Waals surface area contributed by atoms with E-state index in [-0.39, 0.29) is 6.04 Å². The van der Waals surface area contributed by atoms with Crippen molar-refractivity contribution in [2.75, 3.05) is 43.8 Å². The smallest absolute Gasteiger partial charge is 0.0737 e. The Bertz CT molecular complexity index is 1260. The Balaban J connectivity index is 0.00000181. The highest BCUT2D eigenvalue weighted by Gasteiger charge is 2.25. The highest BCUT2D eigenvalue weighted by Crippen LogP contribution is 2.25. The third-order valence-corrected chi connectivity index (χ3v) is 7.94. The predicted molar refractivity (Wildman–Crippen MR) is 172 cm³/mol. The summed E-state index contributed by atoms with van der Waals surface area (Å²) in [6.45, 7) is 10.2. The van der Waals surface area contributed by atoms with Gasteiger partial charge in [-0.2, -0.15) is 0 Å². The van der Waals surface area contributed by atoms with Crippen molar-refractivity contribution < 1.29 is 0 Å². The lowest BCUT2D eigenvalue weighted by Gasteiger charge is -2.39. The van der Waals surface area contributed by atoms with Crippen LogP contribution in [0, 0.1) is 0 Å². The molecule has 5 rings (SSSR count). The van der Waals surface area contributed by atoms with E-state index < -0.39 is 0 Å². The number of nitrogens with one attached hydrogen (secondary N) is 1. The summed E-state index contributed by atoms with van der Waals surface area (Å²) in [5, 5.41) is 5.44. The molecule has 0 spiro atoms. The Morgan fingerprint density at radius 3 is 2.55 bits per heavy atom. The van der Waals surface area contributed by atoms with Crippen molar-refractivity contribution in [3.63, 3.8) is 0 Å². The quantitative estimate of drug-likeness (QED) is 0.194. The first kappa shape index (κ1) is 30.1. The highest BCUT2D eigenvalue weighted by atomic mass is 35.5. The van der Waals surface area contributed by atoms with E-state index in [0.29, 0.717) is 11.1 Å². The summed E-state index contributed by atoms with van der Waals surface area (Å²) in [4.78, 5) is 9.71. The van der Waals surface area contributed by atoms with Gasteiger partial charge in [-0.05, 0) is 92.9 Å². The number of aromatic nitrogens is 1. The summed E-state index contributed by atoms with van der Waals surface area (Å²) in [5.74, 6) is 0. The molecule has 2 aliphatic rings. The van der Waals surface area contributed by atoms with Crippen molar-refractivity contribution >= 4 is 33.9 Å². The molecule has 5 N–H and O–H groups in total. The van der Waals surface area contributed by atoms with Crippen LogP contribution in [0.1, 0.15) is 45.1 Å². The van der Waals surface area contributed by atoms with Crippen LogP contribution in [0.25, 0.3) is 10.9 Å². The van der Waals surface area contributed by atoms with Crippen molar-refractivity contribution in [3.05, 3.63) is 89.1 Å². The summed E-state index contributed by atoms with van der Waals surface area (Å²) < 4.78 is 0. The second kappa shape index (κ2) is 15.2. The van der Waals surface area contributed by atoms with Crippen LogP contribution in [0.15, 0.2) is 78.5 Å². The number of nitrogens with zero attached hydrogens (tertiary/aromatic N) is 3. The third kappa shape index (κ3) is 8.55. The minimum absolute atomic E-state index is 0.151. The van der Waals surface area contributed by atoms with Gasteiger partial charge in [-0.15, -0.1) is 0 Å². The largest absolute Gasteiger partial charge is 0.399 e. The lowest BCUT2D eigenvalue weighted by molar-refractivity contribution is 0.110. The first-order valence-electron chi connectivity index (χ1n) is 14.8. The number of fused-ring (bicyclic) bond motifs is 1. The number of anilines is 2. The number of nitrogen functional groups attached to an aromatic ring is 1. The molecule has 3 aromatic rings. The van der Waals surface area contributed by atoms with Crippen molar-refractivity contribution in [2.24, 2.45) is 5.73 Å². The van der Waals surface area contributed by atoms with Crippen LogP contribution in [0.5, 0.6) is 0 Å². The van der Waals surface area contributed by atoms with Crippen molar-refractivity contribution in [1.29, 1.82) is 0 Å². The van der Waals surface area contributed by atoms with Crippen LogP contribution in [0.2, 0.25) is 5.02 Å². The van der Waals surface area contributed by atoms with Gasteiger partial charge in [-0.3, -0.25) is 9.88 Å². The minimum atomic E-state index is 0.151. The Morgan fingerprint density at radius 2 is 1.82 bits per heavy atom. The van der Waals surface area contributed by atoms with E-state index in [2.05, 4.69) is 50.5 Å². The van der Waals surface area contributed by atoms with Gasteiger partial charge < -0.3 is 21.7 Å². The molecule has 1 aliphatic carbocycles. The molecule has 40 heavy (non-hydrogen) atoms. The van der Waals surface area contributed by atoms with Gasteiger partial charge in [0.2, 0.25) is 0 Å². The SMILES string of the molecule is CC.Nc1ccc(CN(CC2=CCC(N)C=C2)C2CCN(CCCNc3ccnc4cc(Cl)ccc34)CC2)cc1. The minimum Gasteiger partial charge on any atom is -0.399 e. The monoisotopic (exact) mass is 560 g/mol.